The highest BCUT2D eigenvalue weighted by molar-refractivity contribution is 7.98. The lowest BCUT2D eigenvalue weighted by molar-refractivity contribution is 0.592. The van der Waals surface area contributed by atoms with Crippen LogP contribution in [0.15, 0.2) is 16.9 Å². The number of nitrogens with two attached hydrogens (primary N) is 1. The SMILES string of the molecule is CCCn1c(CN)nnc1SCc1cncs1. The van der Waals surface area contributed by atoms with Gasteiger partial charge in [0.2, 0.25) is 0 Å². The van der Waals surface area contributed by atoms with Crippen LogP contribution in [0.1, 0.15) is 24.0 Å². The van der Waals surface area contributed by atoms with Gasteiger partial charge in [-0.2, -0.15) is 0 Å². The van der Waals surface area contributed by atoms with E-state index in [0.717, 1.165) is 29.7 Å². The van der Waals surface area contributed by atoms with Crippen molar-refractivity contribution in [1.29, 1.82) is 0 Å². The van der Waals surface area contributed by atoms with Gasteiger partial charge in [0.1, 0.15) is 5.82 Å². The van der Waals surface area contributed by atoms with Crippen molar-refractivity contribution in [2.24, 2.45) is 5.73 Å². The zero-order valence-electron chi connectivity index (χ0n) is 9.67. The van der Waals surface area contributed by atoms with E-state index in [0.29, 0.717) is 6.54 Å². The molecule has 17 heavy (non-hydrogen) atoms. The summed E-state index contributed by atoms with van der Waals surface area (Å²) in [5, 5.41) is 9.24. The summed E-state index contributed by atoms with van der Waals surface area (Å²) in [6.45, 7) is 3.50. The van der Waals surface area contributed by atoms with Crippen LogP contribution in [0.3, 0.4) is 0 Å². The second-order valence-electron chi connectivity index (χ2n) is 3.51. The van der Waals surface area contributed by atoms with Crippen molar-refractivity contribution in [1.82, 2.24) is 19.7 Å². The lowest BCUT2D eigenvalue weighted by Crippen LogP contribution is -2.09. The molecular formula is C10H15N5S2. The number of nitrogens with zero attached hydrogens (tertiary/aromatic N) is 4. The molecule has 92 valence electrons. The molecular weight excluding hydrogens is 254 g/mol. The van der Waals surface area contributed by atoms with Crippen molar-refractivity contribution < 1.29 is 0 Å². The van der Waals surface area contributed by atoms with Crippen LogP contribution in [0, 0.1) is 0 Å². The fourth-order valence-corrected chi connectivity index (χ4v) is 3.10. The van der Waals surface area contributed by atoms with Crippen LogP contribution in [-0.2, 0) is 18.8 Å². The quantitative estimate of drug-likeness (QED) is 0.811. The number of hydrogen-bond acceptors (Lipinski definition) is 6. The monoisotopic (exact) mass is 269 g/mol. The molecule has 2 aromatic heterocycles. The van der Waals surface area contributed by atoms with Crippen LogP contribution in [0.5, 0.6) is 0 Å². The van der Waals surface area contributed by atoms with Crippen LogP contribution >= 0.6 is 23.1 Å². The van der Waals surface area contributed by atoms with E-state index in [9.17, 15) is 0 Å². The Morgan fingerprint density at radius 2 is 2.35 bits per heavy atom. The van der Waals surface area contributed by atoms with Crippen molar-refractivity contribution in [3.8, 4) is 0 Å². The summed E-state index contributed by atoms with van der Waals surface area (Å²) in [4.78, 5) is 5.30. The molecule has 0 aliphatic carbocycles. The van der Waals surface area contributed by atoms with Crippen molar-refractivity contribution in [3.05, 3.63) is 22.4 Å². The maximum atomic E-state index is 5.64. The number of aromatic nitrogens is 4. The molecule has 0 aliphatic heterocycles. The first-order valence-corrected chi connectivity index (χ1v) is 7.34. The third-order valence-electron chi connectivity index (χ3n) is 2.25. The third-order valence-corrected chi connectivity index (χ3v) is 4.23. The molecule has 0 aliphatic rings. The highest BCUT2D eigenvalue weighted by Crippen LogP contribution is 2.23. The number of thioether (sulfide) groups is 1. The largest absolute Gasteiger partial charge is 0.324 e. The number of rotatable bonds is 6. The van der Waals surface area contributed by atoms with E-state index in [2.05, 4.69) is 26.7 Å². The summed E-state index contributed by atoms with van der Waals surface area (Å²) >= 11 is 3.34. The molecule has 0 unspecified atom stereocenters. The summed E-state index contributed by atoms with van der Waals surface area (Å²) in [6.07, 6.45) is 2.95. The maximum absolute atomic E-state index is 5.64. The molecule has 0 spiro atoms. The van der Waals surface area contributed by atoms with Crippen molar-refractivity contribution in [2.45, 2.75) is 37.3 Å². The van der Waals surface area contributed by atoms with Gasteiger partial charge in [0, 0.05) is 23.4 Å². The predicted octanol–water partition coefficient (Wildman–Crippen LogP) is 1.90. The first-order chi connectivity index (χ1) is 8.35. The fourth-order valence-electron chi connectivity index (χ4n) is 1.47. The van der Waals surface area contributed by atoms with Gasteiger partial charge < -0.3 is 10.3 Å². The lowest BCUT2D eigenvalue weighted by Gasteiger charge is -2.06. The zero-order valence-corrected chi connectivity index (χ0v) is 11.3. The molecule has 2 aromatic rings. The molecule has 0 fully saturated rings. The molecule has 0 amide bonds. The van der Waals surface area contributed by atoms with Gasteiger partial charge in [0.05, 0.1) is 12.1 Å². The highest BCUT2D eigenvalue weighted by Gasteiger charge is 2.10. The molecule has 0 radical (unpaired) electrons. The van der Waals surface area contributed by atoms with E-state index in [1.54, 1.807) is 23.1 Å². The van der Waals surface area contributed by atoms with E-state index in [1.165, 1.54) is 4.88 Å². The second kappa shape index (κ2) is 6.13. The van der Waals surface area contributed by atoms with Crippen LogP contribution in [0.2, 0.25) is 0 Å². The summed E-state index contributed by atoms with van der Waals surface area (Å²) in [5.41, 5.74) is 7.49. The Bertz CT molecular complexity index is 451. The van der Waals surface area contributed by atoms with Gasteiger partial charge in [-0.3, -0.25) is 4.98 Å². The van der Waals surface area contributed by atoms with Gasteiger partial charge in [-0.15, -0.1) is 21.5 Å². The van der Waals surface area contributed by atoms with Crippen molar-refractivity contribution >= 4 is 23.1 Å². The van der Waals surface area contributed by atoms with E-state index in [4.69, 9.17) is 5.73 Å². The first-order valence-electron chi connectivity index (χ1n) is 5.47. The summed E-state index contributed by atoms with van der Waals surface area (Å²) in [7, 11) is 0. The molecule has 2 heterocycles. The Morgan fingerprint density at radius 3 is 3.00 bits per heavy atom. The van der Waals surface area contributed by atoms with Crippen LogP contribution in [0.4, 0.5) is 0 Å². The van der Waals surface area contributed by atoms with Gasteiger partial charge in [0.25, 0.3) is 0 Å². The topological polar surface area (TPSA) is 69.6 Å². The molecule has 2 rings (SSSR count). The minimum Gasteiger partial charge on any atom is -0.324 e. The van der Waals surface area contributed by atoms with Gasteiger partial charge in [-0.05, 0) is 6.42 Å². The second-order valence-corrected chi connectivity index (χ2v) is 5.42. The average Bonchev–Trinajstić information content (AvgIpc) is 2.96. The Hall–Kier alpha value is -0.920. The molecule has 0 atom stereocenters. The summed E-state index contributed by atoms with van der Waals surface area (Å²) in [5.74, 6) is 1.75. The molecule has 0 aromatic carbocycles. The van der Waals surface area contributed by atoms with Gasteiger partial charge in [0.15, 0.2) is 5.16 Å². The molecule has 7 heteroatoms. The lowest BCUT2D eigenvalue weighted by atomic mass is 10.4. The third kappa shape index (κ3) is 3.05. The highest BCUT2D eigenvalue weighted by atomic mass is 32.2. The number of thiazole rings is 1. The molecule has 0 saturated carbocycles. The Balaban J connectivity index is 2.06. The predicted molar refractivity (Wildman–Crippen MR) is 69.9 cm³/mol. The molecule has 5 nitrogen and oxygen atoms in total. The Kier molecular flexibility index (Phi) is 4.52. The Morgan fingerprint density at radius 1 is 1.47 bits per heavy atom. The average molecular weight is 269 g/mol. The van der Waals surface area contributed by atoms with Gasteiger partial charge in [-0.25, -0.2) is 0 Å². The normalized spacial score (nSPS) is 10.9. The van der Waals surface area contributed by atoms with E-state index >= 15 is 0 Å². The molecule has 0 bridgehead atoms. The maximum Gasteiger partial charge on any atom is 0.191 e. The van der Waals surface area contributed by atoms with Crippen LogP contribution < -0.4 is 5.73 Å². The molecule has 0 saturated heterocycles. The minimum atomic E-state index is 0.439. The van der Waals surface area contributed by atoms with Crippen LogP contribution in [0.25, 0.3) is 0 Å². The van der Waals surface area contributed by atoms with Crippen LogP contribution in [-0.4, -0.2) is 19.7 Å². The smallest absolute Gasteiger partial charge is 0.191 e. The van der Waals surface area contributed by atoms with E-state index < -0.39 is 0 Å². The van der Waals surface area contributed by atoms with Crippen molar-refractivity contribution in [2.75, 3.05) is 0 Å². The molecule has 2 N–H and O–H groups in total. The first kappa shape index (κ1) is 12.5. The van der Waals surface area contributed by atoms with E-state index in [1.807, 2.05) is 11.7 Å². The standard InChI is InChI=1S/C10H15N5S2/c1-2-3-15-9(4-11)13-14-10(15)16-6-8-5-12-7-17-8/h5,7H,2-4,6,11H2,1H3. The van der Waals surface area contributed by atoms with E-state index in [-0.39, 0.29) is 0 Å². The Labute approximate surface area is 108 Å². The van der Waals surface area contributed by atoms with Gasteiger partial charge in [-0.1, -0.05) is 18.7 Å². The fraction of sp³-hybridized carbons (Fsp3) is 0.500. The van der Waals surface area contributed by atoms with Gasteiger partial charge >= 0.3 is 0 Å². The number of hydrogen-bond donors (Lipinski definition) is 1. The zero-order chi connectivity index (χ0) is 12.1. The minimum absolute atomic E-state index is 0.439. The summed E-state index contributed by atoms with van der Waals surface area (Å²) < 4.78 is 2.10. The summed E-state index contributed by atoms with van der Waals surface area (Å²) in [6, 6.07) is 0. The van der Waals surface area contributed by atoms with Crippen molar-refractivity contribution in [3.63, 3.8) is 0 Å².